The molecular formula is C35H46F3N7O2. The van der Waals surface area contributed by atoms with E-state index in [9.17, 15) is 4.79 Å². The maximum Gasteiger partial charge on any atom is 0.278 e. The van der Waals surface area contributed by atoms with Crippen molar-refractivity contribution < 1.29 is 17.9 Å². The fraction of sp³-hybridized carbons (Fsp3) is 0.629. The average Bonchev–Trinajstić information content (AvgIpc) is 3.04. The molecule has 0 aliphatic carbocycles. The van der Waals surface area contributed by atoms with E-state index in [1.54, 1.807) is 17.6 Å². The SMILES string of the molecule is C[C@@H]1Nc2ncnc3c2cc(N2CCN(C4COC4)CC2)c(=O)n3CCCCCCCN2CCC(CC2)C(F)(F)c2cccc1c2F. The molecule has 2 aromatic heterocycles. The van der Waals surface area contributed by atoms with Gasteiger partial charge in [-0.25, -0.2) is 23.1 Å². The number of nitrogens with zero attached hydrogens (tertiary/aromatic N) is 6. The Kier molecular flexibility index (Phi) is 9.44. The van der Waals surface area contributed by atoms with Gasteiger partial charge in [0.05, 0.1) is 36.2 Å². The summed E-state index contributed by atoms with van der Waals surface area (Å²) in [5.41, 5.74) is 0.665. The van der Waals surface area contributed by atoms with E-state index in [0.29, 0.717) is 74.1 Å². The van der Waals surface area contributed by atoms with Gasteiger partial charge in [-0.05, 0) is 58.3 Å². The Balaban J connectivity index is 1.24. The first-order valence-corrected chi connectivity index (χ1v) is 17.4. The number of hydrogen-bond acceptors (Lipinski definition) is 8. The van der Waals surface area contributed by atoms with Crippen molar-refractivity contribution in [3.8, 4) is 0 Å². The van der Waals surface area contributed by atoms with Crippen LogP contribution < -0.4 is 15.8 Å². The molecule has 47 heavy (non-hydrogen) atoms. The van der Waals surface area contributed by atoms with Crippen LogP contribution in [0, 0.1) is 11.7 Å². The van der Waals surface area contributed by atoms with Crippen molar-refractivity contribution in [2.45, 2.75) is 76.4 Å². The average molecular weight is 654 g/mol. The maximum atomic E-state index is 16.1. The minimum atomic E-state index is -3.27. The number of benzene rings is 1. The summed E-state index contributed by atoms with van der Waals surface area (Å²) in [6.07, 6.45) is 7.03. The monoisotopic (exact) mass is 653 g/mol. The van der Waals surface area contributed by atoms with Crippen molar-refractivity contribution in [2.75, 3.05) is 69.2 Å². The molecule has 3 fully saturated rings. The highest BCUT2D eigenvalue weighted by Gasteiger charge is 2.45. The first kappa shape index (κ1) is 32.3. The van der Waals surface area contributed by atoms with Gasteiger partial charge in [-0.15, -0.1) is 0 Å². The predicted molar refractivity (Wildman–Crippen MR) is 177 cm³/mol. The molecule has 9 nitrogen and oxygen atoms in total. The van der Waals surface area contributed by atoms with E-state index >= 15 is 13.2 Å². The lowest BCUT2D eigenvalue weighted by molar-refractivity contribution is -0.0880. The summed E-state index contributed by atoms with van der Waals surface area (Å²) in [6, 6.07) is 5.94. The smallest absolute Gasteiger partial charge is 0.278 e. The van der Waals surface area contributed by atoms with Gasteiger partial charge in [0.1, 0.15) is 29.3 Å². The van der Waals surface area contributed by atoms with E-state index in [2.05, 4.69) is 30.0 Å². The topological polar surface area (TPSA) is 78.8 Å². The van der Waals surface area contributed by atoms with E-state index in [4.69, 9.17) is 4.74 Å². The molecule has 0 radical (unpaired) electrons. The normalized spacial score (nSPS) is 26.5. The van der Waals surface area contributed by atoms with Crippen LogP contribution in [0.15, 0.2) is 35.4 Å². The zero-order valence-electron chi connectivity index (χ0n) is 27.3. The van der Waals surface area contributed by atoms with Crippen molar-refractivity contribution >= 4 is 22.5 Å². The number of aromatic nitrogens is 3. The number of hydrogen-bond donors (Lipinski definition) is 1. The maximum absolute atomic E-state index is 16.1. The summed E-state index contributed by atoms with van der Waals surface area (Å²) in [4.78, 5) is 30.0. The fourth-order valence-corrected chi connectivity index (χ4v) is 7.78. The van der Waals surface area contributed by atoms with E-state index in [1.165, 1.54) is 18.5 Å². The highest BCUT2D eigenvalue weighted by atomic mass is 19.3. The van der Waals surface area contributed by atoms with Gasteiger partial charge in [-0.1, -0.05) is 37.5 Å². The largest absolute Gasteiger partial charge is 0.378 e. The minimum Gasteiger partial charge on any atom is -0.378 e. The highest BCUT2D eigenvalue weighted by Crippen LogP contribution is 2.44. The van der Waals surface area contributed by atoms with Crippen molar-refractivity contribution in [1.82, 2.24) is 24.3 Å². The Bertz CT molecular complexity index is 1610. The Hall–Kier alpha value is -3.22. The van der Waals surface area contributed by atoms with Crippen LogP contribution in [0.5, 0.6) is 0 Å². The van der Waals surface area contributed by atoms with Gasteiger partial charge in [0, 0.05) is 44.2 Å². The zero-order chi connectivity index (χ0) is 32.5. The quantitative estimate of drug-likeness (QED) is 0.395. The molecule has 8 rings (SSSR count). The molecule has 7 heterocycles. The molecule has 0 spiro atoms. The Labute approximate surface area is 274 Å². The molecule has 0 amide bonds. The van der Waals surface area contributed by atoms with Gasteiger partial charge in [-0.3, -0.25) is 14.3 Å². The number of anilines is 2. The number of fused-ring (bicyclic) bond motifs is 9. The Morgan fingerprint density at radius 2 is 1.64 bits per heavy atom. The molecule has 3 aromatic rings. The summed E-state index contributed by atoms with van der Waals surface area (Å²) < 4.78 is 55.0. The number of pyridine rings is 1. The molecule has 12 heteroatoms. The predicted octanol–water partition coefficient (Wildman–Crippen LogP) is 5.39. The van der Waals surface area contributed by atoms with E-state index < -0.39 is 29.3 Å². The number of piperidine rings is 1. The Morgan fingerprint density at radius 1 is 0.915 bits per heavy atom. The number of nitrogens with one attached hydrogen (secondary N) is 1. The zero-order valence-corrected chi connectivity index (χ0v) is 27.3. The molecule has 3 saturated heterocycles. The van der Waals surface area contributed by atoms with Gasteiger partial charge in [0.15, 0.2) is 0 Å². The molecule has 5 aliphatic rings. The van der Waals surface area contributed by atoms with Crippen molar-refractivity contribution in [3.63, 3.8) is 0 Å². The first-order valence-electron chi connectivity index (χ1n) is 17.4. The summed E-state index contributed by atoms with van der Waals surface area (Å²) in [5.74, 6) is -4.60. The molecule has 1 N–H and O–H groups in total. The minimum absolute atomic E-state index is 0.0708. The van der Waals surface area contributed by atoms with Crippen LogP contribution in [0.3, 0.4) is 0 Å². The summed E-state index contributed by atoms with van der Waals surface area (Å²) in [6.45, 7) is 9.02. The van der Waals surface area contributed by atoms with Crippen LogP contribution in [0.2, 0.25) is 0 Å². The molecular weight excluding hydrogens is 607 g/mol. The molecule has 5 aliphatic heterocycles. The molecule has 1 aromatic carbocycles. The second kappa shape index (κ2) is 13.7. The van der Waals surface area contributed by atoms with Crippen LogP contribution in [-0.4, -0.2) is 89.4 Å². The van der Waals surface area contributed by atoms with Crippen LogP contribution >= 0.6 is 0 Å². The van der Waals surface area contributed by atoms with E-state index in [0.717, 1.165) is 65.0 Å². The number of halogens is 3. The molecule has 8 bridgehead atoms. The number of ether oxygens (including phenoxy) is 1. The third-order valence-corrected chi connectivity index (χ3v) is 10.8. The van der Waals surface area contributed by atoms with E-state index in [-0.39, 0.29) is 11.1 Å². The van der Waals surface area contributed by atoms with Crippen LogP contribution in [0.25, 0.3) is 11.0 Å². The standard InChI is InChI=1S/C35H46F3N7O2/c1-24-27-8-7-9-29(31(27)36)35(37,38)25-10-14-42(15-11-25)12-5-3-2-4-6-13-45-33-28(32(41-24)39-23-40-33)20-30(34(45)46)44-18-16-43(17-19-44)26-21-47-22-26/h7-9,20,23-26H,2-6,10-19,21-22H2,1H3,(H,39,40,41)/t24-/m0/s1. The lowest BCUT2D eigenvalue weighted by Crippen LogP contribution is -2.57. The second-order valence-electron chi connectivity index (χ2n) is 13.7. The first-order chi connectivity index (χ1) is 22.8. The summed E-state index contributed by atoms with van der Waals surface area (Å²) in [5, 5.41) is 3.96. The summed E-state index contributed by atoms with van der Waals surface area (Å²) >= 11 is 0. The Morgan fingerprint density at radius 3 is 2.36 bits per heavy atom. The van der Waals surface area contributed by atoms with Crippen molar-refractivity contribution in [2.24, 2.45) is 5.92 Å². The van der Waals surface area contributed by atoms with Crippen LogP contribution in [-0.2, 0) is 17.2 Å². The van der Waals surface area contributed by atoms with Gasteiger partial charge in [0.2, 0.25) is 0 Å². The van der Waals surface area contributed by atoms with E-state index in [1.807, 2.05) is 6.07 Å². The number of rotatable bonds is 2. The number of aryl methyl sites for hydroxylation is 1. The highest BCUT2D eigenvalue weighted by molar-refractivity contribution is 5.89. The fourth-order valence-electron chi connectivity index (χ4n) is 7.78. The van der Waals surface area contributed by atoms with Gasteiger partial charge < -0.3 is 19.9 Å². The second-order valence-corrected chi connectivity index (χ2v) is 13.7. The lowest BCUT2D eigenvalue weighted by Gasteiger charge is -2.43. The number of piperazine rings is 1. The summed E-state index contributed by atoms with van der Waals surface area (Å²) in [7, 11) is 0. The van der Waals surface area contributed by atoms with Crippen molar-refractivity contribution in [1.29, 1.82) is 0 Å². The number of alkyl halides is 2. The van der Waals surface area contributed by atoms with Crippen molar-refractivity contribution in [3.05, 3.63) is 57.9 Å². The van der Waals surface area contributed by atoms with Gasteiger partial charge >= 0.3 is 0 Å². The lowest BCUT2D eigenvalue weighted by atomic mass is 9.85. The molecule has 1 atom stereocenters. The third-order valence-electron chi connectivity index (χ3n) is 10.8. The molecule has 254 valence electrons. The molecule has 0 saturated carbocycles. The van der Waals surface area contributed by atoms with Crippen LogP contribution in [0.4, 0.5) is 24.7 Å². The molecule has 0 unspecified atom stereocenters. The van der Waals surface area contributed by atoms with Gasteiger partial charge in [0.25, 0.3) is 11.5 Å². The van der Waals surface area contributed by atoms with Crippen LogP contribution in [0.1, 0.15) is 69.0 Å². The third kappa shape index (κ3) is 6.48. The van der Waals surface area contributed by atoms with Gasteiger partial charge in [-0.2, -0.15) is 0 Å².